The zero-order valence-electron chi connectivity index (χ0n) is 6.54. The molecule has 13 heavy (non-hydrogen) atoms. The maximum atomic E-state index is 12.5. The van der Waals surface area contributed by atoms with Crippen LogP contribution in [0.1, 0.15) is 0 Å². The molecule has 0 aliphatic carbocycles. The van der Waals surface area contributed by atoms with Crippen molar-refractivity contribution >= 4 is 21.7 Å². The molecule has 1 aromatic rings. The Balaban J connectivity index is 2.08. The van der Waals surface area contributed by atoms with Crippen LogP contribution >= 0.6 is 15.9 Å². The highest BCUT2D eigenvalue weighted by Crippen LogP contribution is 2.30. The topological polar surface area (TPSA) is 29.0 Å². The summed E-state index contributed by atoms with van der Waals surface area (Å²) < 4.78 is 25.5. The SMILES string of the molecule is FC1(F)CN(c2ccc(Br)nn2)C1. The summed E-state index contributed by atoms with van der Waals surface area (Å²) >= 11 is 3.12. The lowest BCUT2D eigenvalue weighted by molar-refractivity contribution is -0.0267. The van der Waals surface area contributed by atoms with E-state index in [4.69, 9.17) is 0 Å². The Hall–Kier alpha value is -0.780. The molecule has 0 spiro atoms. The summed E-state index contributed by atoms with van der Waals surface area (Å²) in [5.74, 6) is -2.07. The smallest absolute Gasteiger partial charge is 0.282 e. The minimum Gasteiger partial charge on any atom is -0.343 e. The van der Waals surface area contributed by atoms with Gasteiger partial charge in [0.15, 0.2) is 5.82 Å². The summed E-state index contributed by atoms with van der Waals surface area (Å²) in [6.45, 7) is -0.521. The highest BCUT2D eigenvalue weighted by molar-refractivity contribution is 9.10. The molecule has 0 saturated carbocycles. The Morgan fingerprint density at radius 2 is 2.00 bits per heavy atom. The van der Waals surface area contributed by atoms with Crippen molar-refractivity contribution in [3.8, 4) is 0 Å². The van der Waals surface area contributed by atoms with E-state index >= 15 is 0 Å². The molecule has 1 aromatic heterocycles. The Morgan fingerprint density at radius 1 is 1.31 bits per heavy atom. The minimum atomic E-state index is -2.56. The molecule has 3 nitrogen and oxygen atoms in total. The van der Waals surface area contributed by atoms with E-state index in [9.17, 15) is 8.78 Å². The molecular formula is C7H6BrF2N3. The Labute approximate surface area is 81.9 Å². The van der Waals surface area contributed by atoms with Gasteiger partial charge in [-0.15, -0.1) is 10.2 Å². The van der Waals surface area contributed by atoms with Crippen molar-refractivity contribution in [2.45, 2.75) is 5.92 Å². The quantitative estimate of drug-likeness (QED) is 0.759. The van der Waals surface area contributed by atoms with E-state index in [-0.39, 0.29) is 13.1 Å². The Kier molecular flexibility index (Phi) is 1.94. The van der Waals surface area contributed by atoms with Crippen molar-refractivity contribution in [1.29, 1.82) is 0 Å². The standard InChI is InChI=1S/C7H6BrF2N3/c8-5-1-2-6(12-11-5)13-3-7(9,10)4-13/h1-2H,3-4H2. The second kappa shape index (κ2) is 2.87. The molecule has 1 aliphatic rings. The first-order valence-corrected chi connectivity index (χ1v) is 4.48. The molecule has 0 bridgehead atoms. The third kappa shape index (κ3) is 1.77. The predicted molar refractivity (Wildman–Crippen MR) is 46.9 cm³/mol. The molecule has 0 unspecified atom stereocenters. The zero-order valence-corrected chi connectivity index (χ0v) is 8.13. The van der Waals surface area contributed by atoms with Gasteiger partial charge in [0.25, 0.3) is 5.92 Å². The molecule has 0 aromatic carbocycles. The van der Waals surface area contributed by atoms with Gasteiger partial charge in [0.05, 0.1) is 13.1 Å². The van der Waals surface area contributed by atoms with Gasteiger partial charge in [-0.3, -0.25) is 0 Å². The van der Waals surface area contributed by atoms with E-state index in [1.165, 1.54) is 4.90 Å². The fraction of sp³-hybridized carbons (Fsp3) is 0.429. The van der Waals surface area contributed by atoms with Crippen molar-refractivity contribution < 1.29 is 8.78 Å². The molecular weight excluding hydrogens is 244 g/mol. The van der Waals surface area contributed by atoms with Gasteiger partial charge < -0.3 is 4.90 Å². The van der Waals surface area contributed by atoms with Gasteiger partial charge >= 0.3 is 0 Å². The predicted octanol–water partition coefficient (Wildman–Crippen LogP) is 1.69. The van der Waals surface area contributed by atoms with Crippen LogP contribution in [0.3, 0.4) is 0 Å². The summed E-state index contributed by atoms with van der Waals surface area (Å²) in [6.07, 6.45) is 0. The Morgan fingerprint density at radius 3 is 2.46 bits per heavy atom. The van der Waals surface area contributed by atoms with Gasteiger partial charge in [0.1, 0.15) is 4.60 Å². The van der Waals surface area contributed by atoms with E-state index in [0.29, 0.717) is 10.4 Å². The van der Waals surface area contributed by atoms with Crippen LogP contribution in [0.4, 0.5) is 14.6 Å². The molecule has 2 rings (SSSR count). The summed E-state index contributed by atoms with van der Waals surface area (Å²) in [5, 5.41) is 7.47. The maximum absolute atomic E-state index is 12.5. The average molecular weight is 250 g/mol. The molecule has 0 amide bonds. The third-order valence-corrected chi connectivity index (χ3v) is 2.21. The maximum Gasteiger partial charge on any atom is 0.282 e. The third-order valence-electron chi connectivity index (χ3n) is 1.79. The first-order chi connectivity index (χ1) is 6.07. The molecule has 0 atom stereocenters. The first-order valence-electron chi connectivity index (χ1n) is 3.69. The summed E-state index contributed by atoms with van der Waals surface area (Å²) in [6, 6.07) is 3.34. The zero-order chi connectivity index (χ0) is 9.47. The van der Waals surface area contributed by atoms with Crippen molar-refractivity contribution in [1.82, 2.24) is 10.2 Å². The van der Waals surface area contributed by atoms with E-state index in [2.05, 4.69) is 26.1 Å². The van der Waals surface area contributed by atoms with Gasteiger partial charge in [0.2, 0.25) is 0 Å². The molecule has 70 valence electrons. The van der Waals surface area contributed by atoms with Gasteiger partial charge in [-0.05, 0) is 28.1 Å². The normalized spacial score (nSPS) is 19.8. The number of rotatable bonds is 1. The number of anilines is 1. The molecule has 0 N–H and O–H groups in total. The molecule has 1 fully saturated rings. The van der Waals surface area contributed by atoms with Gasteiger partial charge in [-0.25, -0.2) is 8.78 Å². The van der Waals surface area contributed by atoms with Crippen molar-refractivity contribution in [3.05, 3.63) is 16.7 Å². The second-order valence-corrected chi connectivity index (χ2v) is 3.74. The van der Waals surface area contributed by atoms with Crippen molar-refractivity contribution in [2.24, 2.45) is 0 Å². The van der Waals surface area contributed by atoms with E-state index < -0.39 is 5.92 Å². The number of nitrogens with zero attached hydrogens (tertiary/aromatic N) is 3. The van der Waals surface area contributed by atoms with Gasteiger partial charge in [0, 0.05) is 0 Å². The van der Waals surface area contributed by atoms with Crippen LogP contribution in [0, 0.1) is 0 Å². The second-order valence-electron chi connectivity index (χ2n) is 2.93. The van der Waals surface area contributed by atoms with Gasteiger partial charge in [-0.1, -0.05) is 0 Å². The molecule has 2 heterocycles. The van der Waals surface area contributed by atoms with E-state index in [0.717, 1.165) is 0 Å². The lowest BCUT2D eigenvalue weighted by Gasteiger charge is -2.39. The highest BCUT2D eigenvalue weighted by atomic mass is 79.9. The summed E-state index contributed by atoms with van der Waals surface area (Å²) in [4.78, 5) is 1.49. The van der Waals surface area contributed by atoms with E-state index in [1.54, 1.807) is 12.1 Å². The van der Waals surface area contributed by atoms with Crippen LogP contribution < -0.4 is 4.90 Å². The Bertz CT molecular complexity index is 306. The van der Waals surface area contributed by atoms with E-state index in [1.807, 2.05) is 0 Å². The number of halogens is 3. The molecule has 6 heteroatoms. The van der Waals surface area contributed by atoms with Gasteiger partial charge in [-0.2, -0.15) is 0 Å². The number of hydrogen-bond acceptors (Lipinski definition) is 3. The lowest BCUT2D eigenvalue weighted by atomic mass is 10.1. The first kappa shape index (κ1) is 8.80. The summed E-state index contributed by atoms with van der Waals surface area (Å²) in [5.41, 5.74) is 0. The molecule has 0 radical (unpaired) electrons. The fourth-order valence-electron chi connectivity index (χ4n) is 1.15. The monoisotopic (exact) mass is 249 g/mol. The van der Waals surface area contributed by atoms with Crippen LogP contribution in [-0.4, -0.2) is 29.2 Å². The average Bonchev–Trinajstić information content (AvgIpc) is 2.01. The minimum absolute atomic E-state index is 0.261. The molecule has 1 aliphatic heterocycles. The fourth-order valence-corrected chi connectivity index (χ4v) is 1.36. The molecule has 1 saturated heterocycles. The largest absolute Gasteiger partial charge is 0.343 e. The van der Waals surface area contributed by atoms with Crippen LogP contribution in [0.15, 0.2) is 16.7 Å². The number of alkyl halides is 2. The van der Waals surface area contributed by atoms with Crippen LogP contribution in [0.2, 0.25) is 0 Å². The van der Waals surface area contributed by atoms with Crippen molar-refractivity contribution in [2.75, 3.05) is 18.0 Å². The number of aromatic nitrogens is 2. The highest BCUT2D eigenvalue weighted by Gasteiger charge is 2.44. The van der Waals surface area contributed by atoms with Crippen LogP contribution in [0.25, 0.3) is 0 Å². The van der Waals surface area contributed by atoms with Crippen LogP contribution in [-0.2, 0) is 0 Å². The lowest BCUT2D eigenvalue weighted by Crippen LogP contribution is -2.56. The summed E-state index contributed by atoms with van der Waals surface area (Å²) in [7, 11) is 0. The van der Waals surface area contributed by atoms with Crippen molar-refractivity contribution in [3.63, 3.8) is 0 Å². The van der Waals surface area contributed by atoms with Crippen LogP contribution in [0.5, 0.6) is 0 Å². The number of hydrogen-bond donors (Lipinski definition) is 0.